The number of likely N-dealkylation sites (tertiary alicyclic amines) is 1. The molecular weight excluding hydrogens is 332 g/mol. The first-order valence-electron chi connectivity index (χ1n) is 10.4. The summed E-state index contributed by atoms with van der Waals surface area (Å²) in [6.07, 6.45) is 6.39. The van der Waals surface area contributed by atoms with E-state index < -0.39 is 0 Å². The van der Waals surface area contributed by atoms with Crippen molar-refractivity contribution in [1.82, 2.24) is 10.2 Å². The minimum Gasteiger partial charge on any atom is -0.352 e. The lowest BCUT2D eigenvalue weighted by Gasteiger charge is -2.26. The number of hydrogen-bond donors (Lipinski definition) is 1. The van der Waals surface area contributed by atoms with Gasteiger partial charge in [0.2, 0.25) is 5.91 Å². The number of nitrogens with one attached hydrogen (secondary N) is 1. The van der Waals surface area contributed by atoms with Gasteiger partial charge in [-0.15, -0.1) is 0 Å². The summed E-state index contributed by atoms with van der Waals surface area (Å²) in [5.74, 6) is 0.121. The number of nitrogens with zero attached hydrogens (tertiary/aromatic N) is 1. The molecule has 1 N–H and O–H groups in total. The Kier molecular flexibility index (Phi) is 7.46. The second-order valence-electron chi connectivity index (χ2n) is 7.60. The van der Waals surface area contributed by atoms with E-state index >= 15 is 0 Å². The number of hydrogen-bond acceptors (Lipinski definition) is 2. The molecule has 144 valence electrons. The molecule has 2 aromatic carbocycles. The van der Waals surface area contributed by atoms with Gasteiger partial charge in [-0.2, -0.15) is 0 Å². The average molecular weight is 365 g/mol. The number of rotatable bonds is 8. The van der Waals surface area contributed by atoms with Crippen LogP contribution in [-0.2, 0) is 30.7 Å². The summed E-state index contributed by atoms with van der Waals surface area (Å²) in [5.41, 5.74) is 5.10. The smallest absolute Gasteiger partial charge is 0.220 e. The highest BCUT2D eigenvalue weighted by Gasteiger charge is 2.10. The molecule has 1 amide bonds. The van der Waals surface area contributed by atoms with Gasteiger partial charge in [0.15, 0.2) is 0 Å². The van der Waals surface area contributed by atoms with E-state index in [0.29, 0.717) is 13.0 Å². The Labute approximate surface area is 163 Å². The third kappa shape index (κ3) is 6.51. The summed E-state index contributed by atoms with van der Waals surface area (Å²) in [6, 6.07) is 17.2. The molecule has 0 spiro atoms. The molecule has 27 heavy (non-hydrogen) atoms. The van der Waals surface area contributed by atoms with Crippen molar-refractivity contribution >= 4 is 5.91 Å². The normalized spacial score (nSPS) is 14.9. The fourth-order valence-electron chi connectivity index (χ4n) is 3.70. The van der Waals surface area contributed by atoms with Crippen LogP contribution in [0.3, 0.4) is 0 Å². The van der Waals surface area contributed by atoms with E-state index in [4.69, 9.17) is 0 Å². The van der Waals surface area contributed by atoms with Crippen molar-refractivity contribution in [3.63, 3.8) is 0 Å². The number of aryl methyl sites for hydroxylation is 2. The third-order valence-electron chi connectivity index (χ3n) is 5.41. The maximum absolute atomic E-state index is 12.2. The Morgan fingerprint density at radius 3 is 2.37 bits per heavy atom. The van der Waals surface area contributed by atoms with Gasteiger partial charge in [0, 0.05) is 19.5 Å². The van der Waals surface area contributed by atoms with Crippen LogP contribution in [0, 0.1) is 0 Å². The molecule has 3 nitrogen and oxygen atoms in total. The quantitative estimate of drug-likeness (QED) is 0.749. The van der Waals surface area contributed by atoms with Crippen LogP contribution in [0.25, 0.3) is 0 Å². The molecule has 1 saturated heterocycles. The second kappa shape index (κ2) is 10.3. The lowest BCUT2D eigenvalue weighted by Crippen LogP contribution is -2.29. The molecule has 0 unspecified atom stereocenters. The van der Waals surface area contributed by atoms with Crippen LogP contribution in [0.2, 0.25) is 0 Å². The summed E-state index contributed by atoms with van der Waals surface area (Å²) in [4.78, 5) is 14.7. The average Bonchev–Trinajstić information content (AvgIpc) is 2.72. The molecule has 3 heteroatoms. The molecule has 0 bridgehead atoms. The molecular formula is C24H32N2O. The van der Waals surface area contributed by atoms with Crippen LogP contribution >= 0.6 is 0 Å². The van der Waals surface area contributed by atoms with E-state index in [9.17, 15) is 4.79 Å². The molecule has 1 aliphatic rings. The number of carbonyl (C=O) groups is 1. The molecule has 2 aromatic rings. The van der Waals surface area contributed by atoms with Crippen molar-refractivity contribution in [2.45, 2.75) is 58.5 Å². The van der Waals surface area contributed by atoms with Gasteiger partial charge in [-0.25, -0.2) is 0 Å². The molecule has 0 aliphatic carbocycles. The van der Waals surface area contributed by atoms with Crippen molar-refractivity contribution in [2.24, 2.45) is 0 Å². The predicted molar refractivity (Wildman–Crippen MR) is 112 cm³/mol. The molecule has 0 saturated carbocycles. The summed E-state index contributed by atoms with van der Waals surface area (Å²) in [5, 5.41) is 3.07. The standard InChI is InChI=1S/C24H32N2O/c1-2-20-9-11-21(12-10-20)13-14-24(27)25-18-22-7-6-8-23(17-22)19-26-15-4-3-5-16-26/h6-12,17H,2-5,13-16,18-19H2,1H3,(H,25,27). The lowest BCUT2D eigenvalue weighted by atomic mass is 10.1. The van der Waals surface area contributed by atoms with Crippen molar-refractivity contribution in [3.8, 4) is 0 Å². The van der Waals surface area contributed by atoms with Gasteiger partial charge in [-0.05, 0) is 61.0 Å². The molecule has 1 fully saturated rings. The van der Waals surface area contributed by atoms with Crippen molar-refractivity contribution in [1.29, 1.82) is 0 Å². The minimum atomic E-state index is 0.121. The van der Waals surface area contributed by atoms with E-state index in [1.165, 1.54) is 54.6 Å². The highest BCUT2D eigenvalue weighted by molar-refractivity contribution is 5.76. The first kappa shape index (κ1) is 19.6. The minimum absolute atomic E-state index is 0.121. The zero-order valence-corrected chi connectivity index (χ0v) is 16.5. The Morgan fingerprint density at radius 1 is 0.926 bits per heavy atom. The number of benzene rings is 2. The van der Waals surface area contributed by atoms with Gasteiger partial charge >= 0.3 is 0 Å². The molecule has 0 radical (unpaired) electrons. The monoisotopic (exact) mass is 364 g/mol. The van der Waals surface area contributed by atoms with E-state index in [1.54, 1.807) is 0 Å². The maximum atomic E-state index is 12.2. The SMILES string of the molecule is CCc1ccc(CCC(=O)NCc2cccc(CN3CCCCC3)c2)cc1. The summed E-state index contributed by atoms with van der Waals surface area (Å²) in [6.45, 7) is 6.21. The van der Waals surface area contributed by atoms with Crippen LogP contribution in [0.1, 0.15) is 54.9 Å². The summed E-state index contributed by atoms with van der Waals surface area (Å²) >= 11 is 0. The van der Waals surface area contributed by atoms with Crippen LogP contribution in [0.4, 0.5) is 0 Å². The topological polar surface area (TPSA) is 32.3 Å². The van der Waals surface area contributed by atoms with E-state index in [0.717, 1.165) is 19.4 Å². The number of amides is 1. The van der Waals surface area contributed by atoms with Gasteiger partial charge in [0.1, 0.15) is 0 Å². The summed E-state index contributed by atoms with van der Waals surface area (Å²) < 4.78 is 0. The molecule has 1 aliphatic heterocycles. The van der Waals surface area contributed by atoms with Gasteiger partial charge in [0.05, 0.1) is 0 Å². The Balaban J connectivity index is 1.43. The Hall–Kier alpha value is -2.13. The highest BCUT2D eigenvalue weighted by Crippen LogP contribution is 2.14. The first-order chi connectivity index (χ1) is 13.2. The maximum Gasteiger partial charge on any atom is 0.220 e. The third-order valence-corrected chi connectivity index (χ3v) is 5.41. The van der Waals surface area contributed by atoms with Gasteiger partial charge in [0.25, 0.3) is 0 Å². The lowest BCUT2D eigenvalue weighted by molar-refractivity contribution is -0.121. The van der Waals surface area contributed by atoms with Gasteiger partial charge in [-0.1, -0.05) is 61.9 Å². The molecule has 1 heterocycles. The van der Waals surface area contributed by atoms with E-state index in [-0.39, 0.29) is 5.91 Å². The van der Waals surface area contributed by atoms with E-state index in [1.807, 2.05) is 0 Å². The zero-order chi connectivity index (χ0) is 18.9. The summed E-state index contributed by atoms with van der Waals surface area (Å²) in [7, 11) is 0. The Morgan fingerprint density at radius 2 is 1.63 bits per heavy atom. The van der Waals surface area contributed by atoms with Crippen LogP contribution in [0.15, 0.2) is 48.5 Å². The van der Waals surface area contributed by atoms with Crippen LogP contribution in [0.5, 0.6) is 0 Å². The van der Waals surface area contributed by atoms with Crippen molar-refractivity contribution < 1.29 is 4.79 Å². The van der Waals surface area contributed by atoms with Gasteiger partial charge < -0.3 is 5.32 Å². The molecule has 0 aromatic heterocycles. The van der Waals surface area contributed by atoms with Crippen LogP contribution in [-0.4, -0.2) is 23.9 Å². The molecule has 0 atom stereocenters. The second-order valence-corrected chi connectivity index (χ2v) is 7.60. The predicted octanol–water partition coefficient (Wildman–Crippen LogP) is 4.48. The first-order valence-corrected chi connectivity index (χ1v) is 10.4. The number of piperidine rings is 1. The highest BCUT2D eigenvalue weighted by atomic mass is 16.1. The van der Waals surface area contributed by atoms with Crippen molar-refractivity contribution in [2.75, 3.05) is 13.1 Å². The van der Waals surface area contributed by atoms with Crippen LogP contribution < -0.4 is 5.32 Å². The fraction of sp³-hybridized carbons (Fsp3) is 0.458. The largest absolute Gasteiger partial charge is 0.352 e. The van der Waals surface area contributed by atoms with Gasteiger partial charge in [-0.3, -0.25) is 9.69 Å². The Bertz CT molecular complexity index is 717. The zero-order valence-electron chi connectivity index (χ0n) is 16.5. The molecule has 3 rings (SSSR count). The number of carbonyl (C=O) groups excluding carboxylic acids is 1. The van der Waals surface area contributed by atoms with Crippen molar-refractivity contribution in [3.05, 3.63) is 70.8 Å². The van der Waals surface area contributed by atoms with E-state index in [2.05, 4.69) is 65.7 Å². The fourth-order valence-corrected chi connectivity index (χ4v) is 3.70.